The zero-order valence-electron chi connectivity index (χ0n) is 13.8. The second-order valence-corrected chi connectivity index (χ2v) is 5.64. The lowest BCUT2D eigenvalue weighted by Gasteiger charge is -2.11. The molecule has 0 aliphatic carbocycles. The number of methoxy groups -OCH3 is 1. The molecule has 0 spiro atoms. The molecule has 0 radical (unpaired) electrons. The van der Waals surface area contributed by atoms with Crippen molar-refractivity contribution >= 4 is 22.3 Å². The Balaban J connectivity index is 1.74. The van der Waals surface area contributed by atoms with Gasteiger partial charge in [0.2, 0.25) is 0 Å². The molecule has 3 aromatic carbocycles. The second-order valence-electron chi connectivity index (χ2n) is 5.64. The molecule has 25 heavy (non-hydrogen) atoms. The van der Waals surface area contributed by atoms with Crippen LogP contribution in [-0.4, -0.2) is 17.1 Å². The number of hydrogen-bond acceptors (Lipinski definition) is 4. The van der Waals surface area contributed by atoms with Crippen LogP contribution in [0.25, 0.3) is 22.0 Å². The fourth-order valence-corrected chi connectivity index (χ4v) is 2.91. The van der Waals surface area contributed by atoms with Gasteiger partial charge in [-0.1, -0.05) is 54.6 Å². The van der Waals surface area contributed by atoms with Crippen molar-refractivity contribution in [3.8, 4) is 17.0 Å². The molecule has 0 aliphatic rings. The maximum absolute atomic E-state index is 5.38. The first kappa shape index (κ1) is 15.1. The summed E-state index contributed by atoms with van der Waals surface area (Å²) in [6, 6.07) is 24.2. The summed E-state index contributed by atoms with van der Waals surface area (Å²) in [5.74, 6) is 1.50. The molecule has 4 rings (SSSR count). The lowest BCUT2D eigenvalue weighted by molar-refractivity contribution is 0.417. The molecule has 4 aromatic rings. The van der Waals surface area contributed by atoms with Gasteiger partial charge in [0, 0.05) is 11.6 Å². The highest BCUT2D eigenvalue weighted by Gasteiger charge is 2.08. The summed E-state index contributed by atoms with van der Waals surface area (Å²) in [5, 5.41) is 5.67. The molecular formula is C21H17N3O. The van der Waals surface area contributed by atoms with Crippen LogP contribution in [0.15, 0.2) is 79.1 Å². The van der Waals surface area contributed by atoms with Crippen LogP contribution in [0.5, 0.6) is 5.75 Å². The molecule has 0 bridgehead atoms. The highest BCUT2D eigenvalue weighted by molar-refractivity contribution is 5.96. The van der Waals surface area contributed by atoms with E-state index in [0.717, 1.165) is 28.5 Å². The van der Waals surface area contributed by atoms with Crippen LogP contribution in [0.4, 0.5) is 11.5 Å². The summed E-state index contributed by atoms with van der Waals surface area (Å²) < 4.78 is 5.38. The van der Waals surface area contributed by atoms with Crippen LogP contribution in [-0.2, 0) is 0 Å². The van der Waals surface area contributed by atoms with E-state index in [1.807, 2.05) is 48.5 Å². The molecule has 1 aromatic heterocycles. The van der Waals surface area contributed by atoms with Gasteiger partial charge in [0.25, 0.3) is 0 Å². The Kier molecular flexibility index (Phi) is 4.01. The van der Waals surface area contributed by atoms with Gasteiger partial charge < -0.3 is 10.1 Å². The van der Waals surface area contributed by atoms with Gasteiger partial charge in [-0.3, -0.25) is 0 Å². The maximum Gasteiger partial charge on any atom is 0.142 e. The molecule has 0 unspecified atom stereocenters. The van der Waals surface area contributed by atoms with Crippen LogP contribution in [0.2, 0.25) is 0 Å². The zero-order chi connectivity index (χ0) is 17.1. The average molecular weight is 327 g/mol. The van der Waals surface area contributed by atoms with E-state index in [1.54, 1.807) is 13.4 Å². The van der Waals surface area contributed by atoms with E-state index >= 15 is 0 Å². The van der Waals surface area contributed by atoms with Gasteiger partial charge >= 0.3 is 0 Å². The number of fused-ring (bicyclic) bond motifs is 1. The fourth-order valence-electron chi connectivity index (χ4n) is 2.91. The van der Waals surface area contributed by atoms with Crippen molar-refractivity contribution in [2.45, 2.75) is 0 Å². The Labute approximate surface area is 146 Å². The summed E-state index contributed by atoms with van der Waals surface area (Å²) in [5.41, 5.74) is 2.83. The van der Waals surface area contributed by atoms with Crippen molar-refractivity contribution in [2.75, 3.05) is 12.4 Å². The molecule has 0 saturated carbocycles. The van der Waals surface area contributed by atoms with Gasteiger partial charge in [0.15, 0.2) is 0 Å². The van der Waals surface area contributed by atoms with Gasteiger partial charge in [0.05, 0.1) is 18.5 Å². The molecule has 0 saturated heterocycles. The van der Waals surface area contributed by atoms with Crippen LogP contribution < -0.4 is 10.1 Å². The van der Waals surface area contributed by atoms with Crippen molar-refractivity contribution in [2.24, 2.45) is 0 Å². The number of nitrogens with zero attached hydrogens (tertiary/aromatic N) is 2. The first-order chi connectivity index (χ1) is 12.3. The molecule has 4 heteroatoms. The normalized spacial score (nSPS) is 10.6. The van der Waals surface area contributed by atoms with E-state index in [4.69, 9.17) is 4.74 Å². The number of rotatable bonds is 4. The highest BCUT2D eigenvalue weighted by Crippen LogP contribution is 2.30. The van der Waals surface area contributed by atoms with Crippen LogP contribution in [0.1, 0.15) is 0 Å². The molecule has 0 amide bonds. The number of benzene rings is 3. The molecule has 0 fully saturated rings. The predicted octanol–water partition coefficient (Wildman–Crippen LogP) is 5.05. The Morgan fingerprint density at radius 2 is 1.64 bits per heavy atom. The molecular weight excluding hydrogens is 310 g/mol. The molecule has 0 aliphatic heterocycles. The topological polar surface area (TPSA) is 47.0 Å². The minimum Gasteiger partial charge on any atom is -0.495 e. The third-order valence-electron chi connectivity index (χ3n) is 4.10. The van der Waals surface area contributed by atoms with Crippen molar-refractivity contribution in [3.63, 3.8) is 0 Å². The van der Waals surface area contributed by atoms with E-state index in [2.05, 4.69) is 39.6 Å². The number of aromatic nitrogens is 2. The molecule has 4 nitrogen and oxygen atoms in total. The summed E-state index contributed by atoms with van der Waals surface area (Å²) in [4.78, 5) is 8.80. The summed E-state index contributed by atoms with van der Waals surface area (Å²) in [7, 11) is 1.65. The molecule has 122 valence electrons. The third kappa shape index (κ3) is 3.02. The first-order valence-corrected chi connectivity index (χ1v) is 8.05. The number of para-hydroxylation sites is 2. The first-order valence-electron chi connectivity index (χ1n) is 8.05. The lowest BCUT2D eigenvalue weighted by Crippen LogP contribution is -1.98. The highest BCUT2D eigenvalue weighted by atomic mass is 16.5. The zero-order valence-corrected chi connectivity index (χ0v) is 13.8. The smallest absolute Gasteiger partial charge is 0.142 e. The molecule has 0 atom stereocenters. The quantitative estimate of drug-likeness (QED) is 0.570. The second kappa shape index (κ2) is 6.61. The third-order valence-corrected chi connectivity index (χ3v) is 4.10. The van der Waals surface area contributed by atoms with Gasteiger partial charge in [-0.05, 0) is 22.9 Å². The molecule has 1 heterocycles. The average Bonchev–Trinajstić information content (AvgIpc) is 2.68. The minimum absolute atomic E-state index is 0.724. The Hall–Kier alpha value is -3.40. The van der Waals surface area contributed by atoms with Crippen molar-refractivity contribution < 1.29 is 4.74 Å². The lowest BCUT2D eigenvalue weighted by atomic mass is 10.0. The summed E-state index contributed by atoms with van der Waals surface area (Å²) >= 11 is 0. The van der Waals surface area contributed by atoms with E-state index in [9.17, 15) is 0 Å². The van der Waals surface area contributed by atoms with Crippen LogP contribution in [0, 0.1) is 0 Å². The van der Waals surface area contributed by atoms with Gasteiger partial charge in [-0.15, -0.1) is 0 Å². The van der Waals surface area contributed by atoms with Gasteiger partial charge in [-0.25, -0.2) is 9.97 Å². The van der Waals surface area contributed by atoms with Crippen molar-refractivity contribution in [1.82, 2.24) is 9.97 Å². The standard InChI is InChI=1S/C21H17N3O/c1-25-20-12-5-4-11-18(20)24-21-13-19(22-14-23-21)17-10-6-8-15-7-2-3-9-16(15)17/h2-14H,1H3,(H,22,23,24). The van der Waals surface area contributed by atoms with Gasteiger partial charge in [-0.2, -0.15) is 0 Å². The maximum atomic E-state index is 5.38. The monoisotopic (exact) mass is 327 g/mol. The number of ether oxygens (including phenoxy) is 1. The SMILES string of the molecule is COc1ccccc1Nc1cc(-c2cccc3ccccc23)ncn1. The predicted molar refractivity (Wildman–Crippen MR) is 101 cm³/mol. The molecule has 1 N–H and O–H groups in total. The fraction of sp³-hybridized carbons (Fsp3) is 0.0476. The summed E-state index contributed by atoms with van der Waals surface area (Å²) in [6.45, 7) is 0. The van der Waals surface area contributed by atoms with Crippen LogP contribution in [0.3, 0.4) is 0 Å². The Bertz CT molecular complexity index is 1020. The number of nitrogens with one attached hydrogen (secondary N) is 1. The van der Waals surface area contributed by atoms with E-state index in [0.29, 0.717) is 0 Å². The summed E-state index contributed by atoms with van der Waals surface area (Å²) in [6.07, 6.45) is 1.58. The number of hydrogen-bond donors (Lipinski definition) is 1. The van der Waals surface area contributed by atoms with Crippen molar-refractivity contribution in [3.05, 3.63) is 79.1 Å². The Morgan fingerprint density at radius 1 is 0.840 bits per heavy atom. The Morgan fingerprint density at radius 3 is 2.56 bits per heavy atom. The van der Waals surface area contributed by atoms with E-state index in [1.165, 1.54) is 10.8 Å². The largest absolute Gasteiger partial charge is 0.495 e. The number of anilines is 2. The van der Waals surface area contributed by atoms with Gasteiger partial charge in [0.1, 0.15) is 17.9 Å². The van der Waals surface area contributed by atoms with Crippen LogP contribution >= 0.6 is 0 Å². The van der Waals surface area contributed by atoms with Crippen molar-refractivity contribution in [1.29, 1.82) is 0 Å². The van der Waals surface area contributed by atoms with E-state index < -0.39 is 0 Å². The minimum atomic E-state index is 0.724. The van der Waals surface area contributed by atoms with E-state index in [-0.39, 0.29) is 0 Å².